The molecule has 0 fully saturated rings. The van der Waals surface area contributed by atoms with Crippen LogP contribution in [0.2, 0.25) is 0 Å². The molecule has 0 aliphatic carbocycles. The van der Waals surface area contributed by atoms with Crippen molar-refractivity contribution in [1.82, 2.24) is 4.90 Å². The van der Waals surface area contributed by atoms with E-state index in [1.165, 1.54) is 0 Å². The van der Waals surface area contributed by atoms with E-state index in [0.717, 1.165) is 38.1 Å². The maximum absolute atomic E-state index is 9.89. The molecule has 1 aromatic rings. The van der Waals surface area contributed by atoms with E-state index in [1.807, 2.05) is 18.2 Å². The fourth-order valence-corrected chi connectivity index (χ4v) is 1.87. The molecule has 3 nitrogen and oxygen atoms in total. The van der Waals surface area contributed by atoms with E-state index in [4.69, 9.17) is 4.42 Å². The highest BCUT2D eigenvalue weighted by Gasteiger charge is 2.12. The Balaban J connectivity index is 2.39. The van der Waals surface area contributed by atoms with Gasteiger partial charge in [0.05, 0.1) is 18.9 Å². The topological polar surface area (TPSA) is 36.6 Å². The first kappa shape index (κ1) is 14.0. The van der Waals surface area contributed by atoms with Crippen LogP contribution in [0.3, 0.4) is 0 Å². The molecule has 0 aromatic carbocycles. The summed E-state index contributed by atoms with van der Waals surface area (Å²) < 4.78 is 5.33. The number of hydrogen-bond donors (Lipinski definition) is 1. The molecule has 0 saturated carbocycles. The summed E-state index contributed by atoms with van der Waals surface area (Å²) in [4.78, 5) is 2.23. The largest absolute Gasteiger partial charge is 0.468 e. The Bertz CT molecular complexity index is 295. The molecule has 0 aliphatic rings. The van der Waals surface area contributed by atoms with Gasteiger partial charge in [0.2, 0.25) is 0 Å². The minimum absolute atomic E-state index is 0.283. The first-order valence-corrected chi connectivity index (χ1v) is 6.30. The van der Waals surface area contributed by atoms with Crippen molar-refractivity contribution < 1.29 is 9.52 Å². The zero-order valence-corrected chi connectivity index (χ0v) is 10.6. The molecule has 1 rings (SSSR count). The Morgan fingerprint density at radius 1 is 1.59 bits per heavy atom. The third-order valence-electron chi connectivity index (χ3n) is 2.67. The molecule has 1 N–H and O–H groups in total. The standard InChI is InChI=1S/C14H23NO2/c1-3-5-7-13(16)11-15(9-4-2)12-14-8-6-10-17-14/h3,6,8,10,13,16H,1,4-5,7,9,11-12H2,2H3/t13-/m0/s1. The second-order valence-electron chi connectivity index (χ2n) is 4.33. The Kier molecular flexibility index (Phi) is 6.67. The van der Waals surface area contributed by atoms with Gasteiger partial charge in [-0.3, -0.25) is 4.90 Å². The average Bonchev–Trinajstić information content (AvgIpc) is 2.79. The molecule has 17 heavy (non-hydrogen) atoms. The van der Waals surface area contributed by atoms with E-state index >= 15 is 0 Å². The van der Waals surface area contributed by atoms with Crippen molar-refractivity contribution in [2.45, 2.75) is 38.8 Å². The lowest BCUT2D eigenvalue weighted by Gasteiger charge is -2.23. The molecular formula is C14H23NO2. The van der Waals surface area contributed by atoms with Gasteiger partial charge in [-0.15, -0.1) is 6.58 Å². The number of rotatable bonds is 9. The van der Waals surface area contributed by atoms with Crippen molar-refractivity contribution in [3.05, 3.63) is 36.8 Å². The lowest BCUT2D eigenvalue weighted by atomic mass is 10.2. The SMILES string of the molecule is C=CCC[C@H](O)CN(CCC)Cc1ccco1. The first-order chi connectivity index (χ1) is 8.26. The third-order valence-corrected chi connectivity index (χ3v) is 2.67. The molecule has 1 atom stereocenters. The molecule has 0 radical (unpaired) electrons. The Hall–Kier alpha value is -1.06. The Morgan fingerprint density at radius 2 is 2.41 bits per heavy atom. The first-order valence-electron chi connectivity index (χ1n) is 6.30. The van der Waals surface area contributed by atoms with Gasteiger partial charge >= 0.3 is 0 Å². The molecule has 96 valence electrons. The van der Waals surface area contributed by atoms with Gasteiger partial charge in [-0.1, -0.05) is 13.0 Å². The normalized spacial score (nSPS) is 12.9. The molecule has 0 bridgehead atoms. The van der Waals surface area contributed by atoms with Gasteiger partial charge in [-0.25, -0.2) is 0 Å². The van der Waals surface area contributed by atoms with Crippen molar-refractivity contribution >= 4 is 0 Å². The summed E-state index contributed by atoms with van der Waals surface area (Å²) in [7, 11) is 0. The van der Waals surface area contributed by atoms with Crippen LogP contribution >= 0.6 is 0 Å². The van der Waals surface area contributed by atoms with Crippen LogP contribution < -0.4 is 0 Å². The molecule has 1 heterocycles. The van der Waals surface area contributed by atoms with E-state index in [9.17, 15) is 5.11 Å². The molecular weight excluding hydrogens is 214 g/mol. The molecule has 3 heteroatoms. The summed E-state index contributed by atoms with van der Waals surface area (Å²) in [6, 6.07) is 3.87. The molecule has 0 aliphatic heterocycles. The minimum atomic E-state index is -0.283. The van der Waals surface area contributed by atoms with E-state index < -0.39 is 0 Å². The van der Waals surface area contributed by atoms with Gasteiger partial charge in [-0.05, 0) is 37.9 Å². The van der Waals surface area contributed by atoms with Gasteiger partial charge in [0.1, 0.15) is 5.76 Å². The second-order valence-corrected chi connectivity index (χ2v) is 4.33. The molecule has 0 saturated heterocycles. The van der Waals surface area contributed by atoms with Crippen molar-refractivity contribution in [2.24, 2.45) is 0 Å². The summed E-state index contributed by atoms with van der Waals surface area (Å²) in [6.07, 6.45) is 5.97. The van der Waals surface area contributed by atoms with Crippen LogP contribution in [0.4, 0.5) is 0 Å². The van der Waals surface area contributed by atoms with Crippen LogP contribution in [0, 0.1) is 0 Å². The van der Waals surface area contributed by atoms with Crippen LogP contribution in [0.15, 0.2) is 35.5 Å². The van der Waals surface area contributed by atoms with Crippen LogP contribution in [-0.4, -0.2) is 29.2 Å². The highest BCUT2D eigenvalue weighted by molar-refractivity contribution is 4.97. The van der Waals surface area contributed by atoms with Crippen LogP contribution in [0.5, 0.6) is 0 Å². The van der Waals surface area contributed by atoms with Crippen molar-refractivity contribution in [3.63, 3.8) is 0 Å². The summed E-state index contributed by atoms with van der Waals surface area (Å²) in [5, 5.41) is 9.89. The van der Waals surface area contributed by atoms with Gasteiger partial charge < -0.3 is 9.52 Å². The van der Waals surface area contributed by atoms with Crippen molar-refractivity contribution in [1.29, 1.82) is 0 Å². The van der Waals surface area contributed by atoms with Gasteiger partial charge in [-0.2, -0.15) is 0 Å². The number of furan rings is 1. The Morgan fingerprint density at radius 3 is 3.00 bits per heavy atom. The minimum Gasteiger partial charge on any atom is -0.468 e. The second kappa shape index (κ2) is 8.09. The molecule has 1 aromatic heterocycles. The van der Waals surface area contributed by atoms with Crippen molar-refractivity contribution in [3.8, 4) is 0 Å². The van der Waals surface area contributed by atoms with E-state index in [0.29, 0.717) is 6.54 Å². The lowest BCUT2D eigenvalue weighted by Crippen LogP contribution is -2.32. The molecule has 0 unspecified atom stereocenters. The smallest absolute Gasteiger partial charge is 0.117 e. The van der Waals surface area contributed by atoms with E-state index in [-0.39, 0.29) is 6.10 Å². The summed E-state index contributed by atoms with van der Waals surface area (Å²) in [5.74, 6) is 0.953. The zero-order chi connectivity index (χ0) is 12.5. The highest BCUT2D eigenvalue weighted by atomic mass is 16.3. The van der Waals surface area contributed by atoms with Gasteiger partial charge in [0.25, 0.3) is 0 Å². The quantitative estimate of drug-likeness (QED) is 0.671. The zero-order valence-electron chi connectivity index (χ0n) is 10.6. The summed E-state index contributed by atoms with van der Waals surface area (Å²) in [6.45, 7) is 8.26. The molecule has 0 amide bonds. The van der Waals surface area contributed by atoms with Gasteiger partial charge in [0.15, 0.2) is 0 Å². The predicted molar refractivity (Wildman–Crippen MR) is 69.7 cm³/mol. The van der Waals surface area contributed by atoms with Gasteiger partial charge in [0, 0.05) is 6.54 Å². The number of allylic oxidation sites excluding steroid dienone is 1. The van der Waals surface area contributed by atoms with E-state index in [1.54, 1.807) is 6.26 Å². The summed E-state index contributed by atoms with van der Waals surface area (Å²) in [5.41, 5.74) is 0. The number of aliphatic hydroxyl groups excluding tert-OH is 1. The van der Waals surface area contributed by atoms with Crippen LogP contribution in [0.1, 0.15) is 31.9 Å². The third kappa shape index (κ3) is 5.71. The maximum atomic E-state index is 9.89. The van der Waals surface area contributed by atoms with Crippen LogP contribution in [0.25, 0.3) is 0 Å². The number of nitrogens with zero attached hydrogens (tertiary/aromatic N) is 1. The van der Waals surface area contributed by atoms with Crippen LogP contribution in [-0.2, 0) is 6.54 Å². The molecule has 0 spiro atoms. The number of aliphatic hydroxyl groups is 1. The fourth-order valence-electron chi connectivity index (χ4n) is 1.87. The maximum Gasteiger partial charge on any atom is 0.117 e. The fraction of sp³-hybridized carbons (Fsp3) is 0.571. The monoisotopic (exact) mass is 237 g/mol. The average molecular weight is 237 g/mol. The Labute approximate surface area is 104 Å². The van der Waals surface area contributed by atoms with Crippen molar-refractivity contribution in [2.75, 3.05) is 13.1 Å². The predicted octanol–water partition coefficient (Wildman–Crippen LogP) is 2.82. The summed E-state index contributed by atoms with van der Waals surface area (Å²) >= 11 is 0. The highest BCUT2D eigenvalue weighted by Crippen LogP contribution is 2.08. The lowest BCUT2D eigenvalue weighted by molar-refractivity contribution is 0.0985. The van der Waals surface area contributed by atoms with E-state index in [2.05, 4.69) is 18.4 Å². The number of hydrogen-bond acceptors (Lipinski definition) is 3.